The standard InChI is InChI=1S/C17H19N5O2S/c1-12(2)22(14-4-6-15(24-3)7-5-14)16(23)10-21-17(18-19-20-21)13-8-9-25-11-13/h4-9,11-12H,10H2,1-3H3. The van der Waals surface area contributed by atoms with Crippen LogP contribution in [0.3, 0.4) is 0 Å². The monoisotopic (exact) mass is 357 g/mol. The molecule has 0 unspecified atom stereocenters. The van der Waals surface area contributed by atoms with Gasteiger partial charge in [-0.25, -0.2) is 4.68 Å². The predicted molar refractivity (Wildman–Crippen MR) is 96.7 cm³/mol. The minimum absolute atomic E-state index is 0.00183. The Morgan fingerprint density at radius 2 is 2.04 bits per heavy atom. The summed E-state index contributed by atoms with van der Waals surface area (Å²) in [6.45, 7) is 4.02. The Kier molecular flexibility index (Phi) is 5.08. The highest BCUT2D eigenvalue weighted by Gasteiger charge is 2.22. The second-order valence-corrected chi connectivity index (χ2v) is 6.51. The predicted octanol–water partition coefficient (Wildman–Crippen LogP) is 2.85. The summed E-state index contributed by atoms with van der Waals surface area (Å²) in [6.07, 6.45) is 0. The van der Waals surface area contributed by atoms with Crippen molar-refractivity contribution in [3.63, 3.8) is 0 Å². The van der Waals surface area contributed by atoms with Gasteiger partial charge in [-0.1, -0.05) is 0 Å². The number of aromatic nitrogens is 4. The van der Waals surface area contributed by atoms with Gasteiger partial charge in [0.15, 0.2) is 5.82 Å². The summed E-state index contributed by atoms with van der Waals surface area (Å²) in [7, 11) is 1.62. The van der Waals surface area contributed by atoms with Crippen molar-refractivity contribution in [1.29, 1.82) is 0 Å². The molecule has 0 radical (unpaired) electrons. The number of carbonyl (C=O) groups is 1. The zero-order valence-corrected chi connectivity index (χ0v) is 15.1. The second kappa shape index (κ2) is 7.43. The molecule has 25 heavy (non-hydrogen) atoms. The molecule has 130 valence electrons. The Morgan fingerprint density at radius 3 is 2.64 bits per heavy atom. The van der Waals surface area contributed by atoms with Gasteiger partial charge in [0.1, 0.15) is 12.3 Å². The van der Waals surface area contributed by atoms with E-state index in [2.05, 4.69) is 15.5 Å². The van der Waals surface area contributed by atoms with Crippen molar-refractivity contribution in [2.24, 2.45) is 0 Å². The lowest BCUT2D eigenvalue weighted by molar-refractivity contribution is -0.119. The first-order chi connectivity index (χ1) is 12.1. The van der Waals surface area contributed by atoms with Crippen LogP contribution < -0.4 is 9.64 Å². The molecular weight excluding hydrogens is 338 g/mol. The van der Waals surface area contributed by atoms with Gasteiger partial charge in [0, 0.05) is 22.7 Å². The molecule has 0 bridgehead atoms. The Bertz CT molecular complexity index is 827. The zero-order chi connectivity index (χ0) is 17.8. The summed E-state index contributed by atoms with van der Waals surface area (Å²) in [5.41, 5.74) is 1.72. The normalized spacial score (nSPS) is 10.9. The maximum atomic E-state index is 12.9. The first-order valence-electron chi connectivity index (χ1n) is 7.85. The van der Waals surface area contributed by atoms with E-state index in [1.807, 2.05) is 54.9 Å². The molecule has 0 saturated carbocycles. The molecule has 0 atom stereocenters. The summed E-state index contributed by atoms with van der Waals surface area (Å²) in [6, 6.07) is 9.35. The number of tetrazole rings is 1. The number of hydrogen-bond donors (Lipinski definition) is 0. The fourth-order valence-electron chi connectivity index (χ4n) is 2.59. The van der Waals surface area contributed by atoms with Crippen LogP contribution in [0.4, 0.5) is 5.69 Å². The largest absolute Gasteiger partial charge is 0.497 e. The van der Waals surface area contributed by atoms with Gasteiger partial charge in [-0.15, -0.1) is 5.10 Å². The van der Waals surface area contributed by atoms with Gasteiger partial charge >= 0.3 is 0 Å². The lowest BCUT2D eigenvalue weighted by atomic mass is 10.2. The topological polar surface area (TPSA) is 73.1 Å². The number of ether oxygens (including phenoxy) is 1. The number of hydrogen-bond acceptors (Lipinski definition) is 6. The Labute approximate surface area is 149 Å². The smallest absolute Gasteiger partial charge is 0.249 e. The molecule has 0 spiro atoms. The van der Waals surface area contributed by atoms with E-state index in [0.29, 0.717) is 5.82 Å². The highest BCUT2D eigenvalue weighted by atomic mass is 32.1. The highest BCUT2D eigenvalue weighted by molar-refractivity contribution is 7.08. The third-order valence-corrected chi connectivity index (χ3v) is 4.42. The van der Waals surface area contributed by atoms with Crippen molar-refractivity contribution in [3.05, 3.63) is 41.1 Å². The minimum atomic E-state index is -0.0797. The molecule has 2 heterocycles. The number of methoxy groups -OCH3 is 1. The van der Waals surface area contributed by atoms with Crippen LogP contribution in [0.1, 0.15) is 13.8 Å². The van der Waals surface area contributed by atoms with E-state index in [-0.39, 0.29) is 18.5 Å². The van der Waals surface area contributed by atoms with Crippen LogP contribution in [0.25, 0.3) is 11.4 Å². The number of anilines is 1. The highest BCUT2D eigenvalue weighted by Crippen LogP contribution is 2.23. The third kappa shape index (κ3) is 3.69. The van der Waals surface area contributed by atoms with Crippen LogP contribution in [0.2, 0.25) is 0 Å². The molecule has 0 N–H and O–H groups in total. The van der Waals surface area contributed by atoms with Crippen molar-refractivity contribution in [1.82, 2.24) is 20.2 Å². The van der Waals surface area contributed by atoms with E-state index < -0.39 is 0 Å². The van der Waals surface area contributed by atoms with E-state index in [0.717, 1.165) is 17.0 Å². The number of nitrogens with zero attached hydrogens (tertiary/aromatic N) is 5. The van der Waals surface area contributed by atoms with E-state index in [1.165, 1.54) is 4.68 Å². The number of amides is 1. The molecule has 0 fully saturated rings. The van der Waals surface area contributed by atoms with Crippen molar-refractivity contribution in [2.75, 3.05) is 12.0 Å². The Hall–Kier alpha value is -2.74. The van der Waals surface area contributed by atoms with Gasteiger partial charge in [-0.2, -0.15) is 11.3 Å². The van der Waals surface area contributed by atoms with Crippen molar-refractivity contribution >= 4 is 22.9 Å². The van der Waals surface area contributed by atoms with Gasteiger partial charge in [-0.3, -0.25) is 4.79 Å². The molecule has 0 aliphatic heterocycles. The van der Waals surface area contributed by atoms with E-state index in [9.17, 15) is 4.79 Å². The maximum absolute atomic E-state index is 12.9. The van der Waals surface area contributed by atoms with Crippen LogP contribution in [0, 0.1) is 0 Å². The first kappa shape index (κ1) is 17.1. The molecule has 2 aromatic heterocycles. The molecule has 0 aliphatic rings. The van der Waals surface area contributed by atoms with Crippen LogP contribution in [0.15, 0.2) is 41.1 Å². The minimum Gasteiger partial charge on any atom is -0.497 e. The van der Waals surface area contributed by atoms with Gasteiger partial charge in [0.05, 0.1) is 7.11 Å². The molecular formula is C17H19N5O2S. The van der Waals surface area contributed by atoms with E-state index in [1.54, 1.807) is 23.3 Å². The summed E-state index contributed by atoms with van der Waals surface area (Å²) in [5.74, 6) is 1.26. The van der Waals surface area contributed by atoms with Gasteiger partial charge in [0.2, 0.25) is 5.91 Å². The van der Waals surface area contributed by atoms with Crippen LogP contribution in [-0.2, 0) is 11.3 Å². The Morgan fingerprint density at radius 1 is 1.28 bits per heavy atom. The van der Waals surface area contributed by atoms with Crippen LogP contribution in [0.5, 0.6) is 5.75 Å². The van der Waals surface area contributed by atoms with Gasteiger partial charge < -0.3 is 9.64 Å². The summed E-state index contributed by atoms with van der Waals surface area (Å²) >= 11 is 1.56. The maximum Gasteiger partial charge on any atom is 0.249 e. The van der Waals surface area contributed by atoms with Crippen molar-refractivity contribution in [2.45, 2.75) is 26.4 Å². The molecule has 1 aromatic carbocycles. The molecule has 3 rings (SSSR count). The number of rotatable bonds is 6. The number of benzene rings is 1. The van der Waals surface area contributed by atoms with Crippen LogP contribution in [-0.4, -0.2) is 39.3 Å². The molecule has 0 saturated heterocycles. The summed E-state index contributed by atoms with van der Waals surface area (Å²) < 4.78 is 6.71. The lowest BCUT2D eigenvalue weighted by Crippen LogP contribution is -2.39. The van der Waals surface area contributed by atoms with Crippen LogP contribution >= 0.6 is 11.3 Å². The fraction of sp³-hybridized carbons (Fsp3) is 0.294. The molecule has 3 aromatic rings. The summed E-state index contributed by atoms with van der Waals surface area (Å²) in [5, 5.41) is 15.6. The van der Waals surface area contributed by atoms with E-state index in [4.69, 9.17) is 4.74 Å². The molecule has 0 aliphatic carbocycles. The van der Waals surface area contributed by atoms with E-state index >= 15 is 0 Å². The van der Waals surface area contributed by atoms with Crippen molar-refractivity contribution < 1.29 is 9.53 Å². The average Bonchev–Trinajstić information content (AvgIpc) is 3.26. The third-order valence-electron chi connectivity index (χ3n) is 3.73. The quantitative estimate of drug-likeness (QED) is 0.678. The molecule has 1 amide bonds. The Balaban J connectivity index is 1.83. The lowest BCUT2D eigenvalue weighted by Gasteiger charge is -2.27. The fourth-order valence-corrected chi connectivity index (χ4v) is 3.22. The van der Waals surface area contributed by atoms with Gasteiger partial charge in [-0.05, 0) is 60.0 Å². The summed E-state index contributed by atoms with van der Waals surface area (Å²) in [4.78, 5) is 14.6. The molecule has 8 heteroatoms. The number of carbonyl (C=O) groups excluding carboxylic acids is 1. The SMILES string of the molecule is COc1ccc(N(C(=O)Cn2nnnc2-c2ccsc2)C(C)C)cc1. The second-order valence-electron chi connectivity index (χ2n) is 5.73. The van der Waals surface area contributed by atoms with Crippen molar-refractivity contribution in [3.8, 4) is 17.1 Å². The average molecular weight is 357 g/mol. The first-order valence-corrected chi connectivity index (χ1v) is 8.79. The van der Waals surface area contributed by atoms with Gasteiger partial charge in [0.25, 0.3) is 0 Å². The zero-order valence-electron chi connectivity index (χ0n) is 14.3. The molecule has 7 nitrogen and oxygen atoms in total. The number of thiophene rings is 1.